The van der Waals surface area contributed by atoms with Crippen molar-refractivity contribution in [3.05, 3.63) is 0 Å². The molecule has 7 unspecified atom stereocenters. The molecule has 0 amide bonds. The van der Waals surface area contributed by atoms with E-state index in [2.05, 4.69) is 27.7 Å². The average Bonchev–Trinajstić information content (AvgIpc) is 3.28. The lowest BCUT2D eigenvalue weighted by Gasteiger charge is -2.47. The predicted molar refractivity (Wildman–Crippen MR) is 88.9 cm³/mol. The number of rotatable bonds is 0. The summed E-state index contributed by atoms with van der Waals surface area (Å²) in [5.41, 5.74) is -2.27. The third kappa shape index (κ3) is 1.25. The standard InChI is InChI=1S/C20H28O6/c1-9-8-24-13-12(9)20-15(22)25-11-7-10(17(2,3)4)18(19(11,20)14(13)21)5-6-23-16(18)26-20/h9-14,16,21H,5-8H2,1-4H3/t9-,10+,11?,12?,13?,14+,16?,18?,19?,20?/m1/s1. The van der Waals surface area contributed by atoms with E-state index in [1.54, 1.807) is 0 Å². The molecule has 144 valence electrons. The van der Waals surface area contributed by atoms with Crippen molar-refractivity contribution < 1.29 is 28.8 Å². The number of carbonyl (C=O) groups is 1. The first-order valence-electron chi connectivity index (χ1n) is 10.0. The van der Waals surface area contributed by atoms with Crippen LogP contribution in [0.4, 0.5) is 0 Å². The third-order valence-electron chi connectivity index (χ3n) is 8.83. The Balaban J connectivity index is 1.66. The molecule has 1 N–H and O–H groups in total. The number of fused-ring (bicyclic) bond motifs is 1. The van der Waals surface area contributed by atoms with Crippen molar-refractivity contribution in [2.24, 2.45) is 34.0 Å². The molecular weight excluding hydrogens is 336 g/mol. The topological polar surface area (TPSA) is 74.2 Å². The first-order valence-corrected chi connectivity index (χ1v) is 10.0. The van der Waals surface area contributed by atoms with Crippen molar-refractivity contribution in [2.45, 2.75) is 70.7 Å². The van der Waals surface area contributed by atoms with Gasteiger partial charge in [0.25, 0.3) is 0 Å². The maximum absolute atomic E-state index is 13.3. The second-order valence-corrected chi connectivity index (χ2v) is 10.5. The molecule has 0 aromatic rings. The molecule has 2 spiro atoms. The van der Waals surface area contributed by atoms with Gasteiger partial charge in [-0.3, -0.25) is 0 Å². The number of hydrogen-bond donors (Lipinski definition) is 1. The minimum atomic E-state index is -1.12. The second kappa shape index (κ2) is 4.32. The monoisotopic (exact) mass is 364 g/mol. The van der Waals surface area contributed by atoms with Crippen LogP contribution in [0.25, 0.3) is 0 Å². The van der Waals surface area contributed by atoms with Crippen molar-refractivity contribution in [3.63, 3.8) is 0 Å². The van der Waals surface area contributed by atoms with Gasteiger partial charge in [0.05, 0.1) is 30.8 Å². The molecule has 0 aromatic heterocycles. The smallest absolute Gasteiger partial charge is 0.340 e. The highest BCUT2D eigenvalue weighted by molar-refractivity contribution is 5.87. The van der Waals surface area contributed by atoms with Crippen LogP contribution in [0, 0.1) is 34.0 Å². The largest absolute Gasteiger partial charge is 0.459 e. The van der Waals surface area contributed by atoms with Crippen LogP contribution in [0.1, 0.15) is 40.5 Å². The van der Waals surface area contributed by atoms with Gasteiger partial charge < -0.3 is 24.1 Å². The van der Waals surface area contributed by atoms with E-state index in [4.69, 9.17) is 18.9 Å². The number of esters is 1. The predicted octanol–water partition coefficient (Wildman–Crippen LogP) is 1.49. The normalized spacial score (nSPS) is 62.2. The second-order valence-electron chi connectivity index (χ2n) is 10.5. The molecule has 2 saturated carbocycles. The Labute approximate surface area is 153 Å². The Morgan fingerprint density at radius 2 is 2.00 bits per heavy atom. The molecule has 4 aliphatic heterocycles. The lowest BCUT2D eigenvalue weighted by Crippen LogP contribution is -2.59. The molecule has 6 aliphatic rings. The highest BCUT2D eigenvalue weighted by Crippen LogP contribution is 2.83. The molecule has 6 heteroatoms. The maximum atomic E-state index is 13.3. The van der Waals surface area contributed by atoms with Crippen LogP contribution in [0.2, 0.25) is 0 Å². The van der Waals surface area contributed by atoms with E-state index in [0.29, 0.717) is 13.2 Å². The molecule has 0 radical (unpaired) electrons. The van der Waals surface area contributed by atoms with Gasteiger partial charge in [-0.1, -0.05) is 27.7 Å². The van der Waals surface area contributed by atoms with Gasteiger partial charge in [-0.25, -0.2) is 4.79 Å². The van der Waals surface area contributed by atoms with E-state index >= 15 is 0 Å². The fourth-order valence-corrected chi connectivity index (χ4v) is 8.38. The number of aliphatic hydroxyl groups excluding tert-OH is 1. The van der Waals surface area contributed by atoms with Crippen LogP contribution in [-0.2, 0) is 23.7 Å². The van der Waals surface area contributed by atoms with E-state index in [9.17, 15) is 9.90 Å². The Morgan fingerprint density at radius 3 is 2.73 bits per heavy atom. The SMILES string of the molecule is C[C@@H]1COC2C1C13OC4OCCC45[C@H](C(C)(C)C)CC(OC1=O)C35[C@H]2O. The van der Waals surface area contributed by atoms with Crippen molar-refractivity contribution >= 4 is 5.97 Å². The molecule has 26 heavy (non-hydrogen) atoms. The summed E-state index contributed by atoms with van der Waals surface area (Å²) in [5, 5.41) is 11.7. The lowest BCUT2D eigenvalue weighted by molar-refractivity contribution is -0.205. The minimum Gasteiger partial charge on any atom is -0.459 e. The van der Waals surface area contributed by atoms with Gasteiger partial charge in [0.1, 0.15) is 6.10 Å². The molecular formula is C20H28O6. The molecule has 6 nitrogen and oxygen atoms in total. The highest BCUT2D eigenvalue weighted by Gasteiger charge is 2.96. The van der Waals surface area contributed by atoms with Gasteiger partial charge in [-0.2, -0.15) is 0 Å². The molecule has 4 saturated heterocycles. The van der Waals surface area contributed by atoms with Crippen LogP contribution >= 0.6 is 0 Å². The van der Waals surface area contributed by atoms with E-state index in [1.165, 1.54) is 0 Å². The molecule has 6 fully saturated rings. The van der Waals surface area contributed by atoms with E-state index in [-0.39, 0.29) is 41.3 Å². The van der Waals surface area contributed by atoms with E-state index < -0.39 is 28.8 Å². The number of ether oxygens (including phenoxy) is 4. The van der Waals surface area contributed by atoms with Gasteiger partial charge in [-0.05, 0) is 30.1 Å². The van der Waals surface area contributed by atoms with Crippen LogP contribution in [0.3, 0.4) is 0 Å². The summed E-state index contributed by atoms with van der Waals surface area (Å²) in [6.45, 7) is 9.96. The molecule has 0 aromatic carbocycles. The Kier molecular flexibility index (Phi) is 2.70. The summed E-state index contributed by atoms with van der Waals surface area (Å²) in [5.74, 6) is -0.0629. The van der Waals surface area contributed by atoms with Crippen molar-refractivity contribution in [1.82, 2.24) is 0 Å². The highest BCUT2D eigenvalue weighted by atomic mass is 16.7. The average molecular weight is 364 g/mol. The summed E-state index contributed by atoms with van der Waals surface area (Å²) < 4.78 is 24.7. The fraction of sp³-hybridized carbons (Fsp3) is 0.950. The van der Waals surface area contributed by atoms with Crippen LogP contribution in [-0.4, -0.2) is 54.5 Å². The van der Waals surface area contributed by atoms with Gasteiger partial charge in [-0.15, -0.1) is 0 Å². The number of aliphatic hydroxyl groups is 1. The van der Waals surface area contributed by atoms with Crippen molar-refractivity contribution in [3.8, 4) is 0 Å². The Hall–Kier alpha value is -0.690. The summed E-state index contributed by atoms with van der Waals surface area (Å²) in [6, 6.07) is 0. The van der Waals surface area contributed by atoms with Crippen LogP contribution < -0.4 is 0 Å². The summed E-state index contributed by atoms with van der Waals surface area (Å²) in [6.07, 6.45) is -0.287. The van der Waals surface area contributed by atoms with E-state index in [1.807, 2.05) is 0 Å². The van der Waals surface area contributed by atoms with Crippen molar-refractivity contribution in [1.29, 1.82) is 0 Å². The van der Waals surface area contributed by atoms with Gasteiger partial charge >= 0.3 is 5.97 Å². The minimum absolute atomic E-state index is 0.000775. The zero-order chi connectivity index (χ0) is 18.3. The third-order valence-corrected chi connectivity index (χ3v) is 8.83. The zero-order valence-electron chi connectivity index (χ0n) is 15.9. The summed E-state index contributed by atoms with van der Waals surface area (Å²) >= 11 is 0. The Morgan fingerprint density at radius 1 is 1.23 bits per heavy atom. The van der Waals surface area contributed by atoms with Crippen molar-refractivity contribution in [2.75, 3.05) is 13.2 Å². The number of carbonyl (C=O) groups excluding carboxylic acids is 1. The summed E-state index contributed by atoms with van der Waals surface area (Å²) in [7, 11) is 0. The molecule has 10 atom stereocenters. The lowest BCUT2D eigenvalue weighted by atomic mass is 9.52. The quantitative estimate of drug-likeness (QED) is 0.657. The molecule has 0 bridgehead atoms. The summed E-state index contributed by atoms with van der Waals surface area (Å²) in [4.78, 5) is 13.3. The van der Waals surface area contributed by atoms with Gasteiger partial charge in [0.2, 0.25) is 0 Å². The maximum Gasteiger partial charge on any atom is 0.340 e. The molecule has 2 aliphatic carbocycles. The van der Waals surface area contributed by atoms with Gasteiger partial charge in [0, 0.05) is 11.3 Å². The number of hydrogen-bond acceptors (Lipinski definition) is 6. The first kappa shape index (κ1) is 16.3. The fourth-order valence-electron chi connectivity index (χ4n) is 8.38. The molecule has 6 rings (SSSR count). The van der Waals surface area contributed by atoms with Gasteiger partial charge in [0.15, 0.2) is 11.9 Å². The molecule has 4 heterocycles. The van der Waals surface area contributed by atoms with Crippen LogP contribution in [0.15, 0.2) is 0 Å². The Bertz CT molecular complexity index is 701. The first-order chi connectivity index (χ1) is 12.2. The van der Waals surface area contributed by atoms with E-state index in [0.717, 1.165) is 12.8 Å². The zero-order valence-corrected chi connectivity index (χ0v) is 15.9. The van der Waals surface area contributed by atoms with Crippen LogP contribution in [0.5, 0.6) is 0 Å².